The first-order valence-corrected chi connectivity index (χ1v) is 10.3. The lowest BCUT2D eigenvalue weighted by atomic mass is 10.1. The molecule has 0 spiro atoms. The van der Waals surface area contributed by atoms with Crippen LogP contribution in [0.2, 0.25) is 0 Å². The molecule has 1 unspecified atom stereocenters. The van der Waals surface area contributed by atoms with Gasteiger partial charge in [0, 0.05) is 44.5 Å². The number of hydrogen-bond donors (Lipinski definition) is 2. The molecule has 1 aromatic carbocycles. The Morgan fingerprint density at radius 3 is 2.72 bits per heavy atom. The number of nitrogens with two attached hydrogens (primary N) is 1. The van der Waals surface area contributed by atoms with Crippen LogP contribution in [-0.4, -0.2) is 58.6 Å². The monoisotopic (exact) mass is 391 g/mol. The summed E-state index contributed by atoms with van der Waals surface area (Å²) in [5.74, 6) is 1.29. The zero-order chi connectivity index (χ0) is 20.2. The predicted octanol–water partition coefficient (Wildman–Crippen LogP) is 2.93. The Kier molecular flexibility index (Phi) is 5.76. The van der Waals surface area contributed by atoms with Crippen LogP contribution in [0, 0.1) is 6.92 Å². The number of piperazine rings is 1. The maximum Gasteiger partial charge on any atom is 0.166 e. The number of benzene rings is 1. The first-order chi connectivity index (χ1) is 14.1. The molecule has 1 saturated heterocycles. The highest BCUT2D eigenvalue weighted by Gasteiger charge is 2.18. The molecule has 0 radical (unpaired) electrons. The highest BCUT2D eigenvalue weighted by Crippen LogP contribution is 2.21. The van der Waals surface area contributed by atoms with Crippen molar-refractivity contribution >= 4 is 28.4 Å². The molecule has 0 bridgehead atoms. The van der Waals surface area contributed by atoms with Crippen molar-refractivity contribution in [3.05, 3.63) is 48.3 Å². The van der Waals surface area contributed by atoms with Gasteiger partial charge in [-0.2, -0.15) is 0 Å². The van der Waals surface area contributed by atoms with E-state index in [0.717, 1.165) is 50.3 Å². The first kappa shape index (κ1) is 19.4. The van der Waals surface area contributed by atoms with Crippen molar-refractivity contribution in [1.82, 2.24) is 19.9 Å². The van der Waals surface area contributed by atoms with Gasteiger partial charge in [-0.05, 0) is 50.1 Å². The third-order valence-electron chi connectivity index (χ3n) is 5.52. The summed E-state index contributed by atoms with van der Waals surface area (Å²) in [7, 11) is 0. The molecule has 0 amide bonds. The van der Waals surface area contributed by atoms with Crippen molar-refractivity contribution in [2.75, 3.05) is 48.7 Å². The second-order valence-electron chi connectivity index (χ2n) is 7.83. The van der Waals surface area contributed by atoms with E-state index in [-0.39, 0.29) is 0 Å². The average Bonchev–Trinajstić information content (AvgIpc) is 2.72. The molecule has 7 heteroatoms. The van der Waals surface area contributed by atoms with Crippen LogP contribution >= 0.6 is 0 Å². The summed E-state index contributed by atoms with van der Waals surface area (Å²) in [6.07, 6.45) is 2.59. The van der Waals surface area contributed by atoms with E-state index in [0.29, 0.717) is 17.5 Å². The van der Waals surface area contributed by atoms with Gasteiger partial charge in [-0.3, -0.25) is 4.90 Å². The van der Waals surface area contributed by atoms with Crippen LogP contribution in [0.5, 0.6) is 0 Å². The number of aryl methyl sites for hydroxylation is 1. The second kappa shape index (κ2) is 8.61. The molecule has 1 aliphatic heterocycles. The van der Waals surface area contributed by atoms with E-state index >= 15 is 0 Å². The summed E-state index contributed by atoms with van der Waals surface area (Å²) in [6.45, 7) is 9.77. The van der Waals surface area contributed by atoms with E-state index < -0.39 is 0 Å². The number of nitrogens with zero attached hydrogens (tertiary/aromatic N) is 5. The standard InChI is InChI=1S/C22H29N7/c1-16-4-3-5-18(14-16)29-12-10-28(11-13-29)9-8-17(2)26-21-19-6-7-20(23)27-22(19)25-15-24-21/h3-7,14-15,17H,8-13H2,1-2H3,(H3,23,24,25,26,27). The first-order valence-electron chi connectivity index (χ1n) is 10.3. The smallest absolute Gasteiger partial charge is 0.166 e. The van der Waals surface area contributed by atoms with E-state index in [4.69, 9.17) is 5.73 Å². The predicted molar refractivity (Wildman–Crippen MR) is 119 cm³/mol. The molecule has 2 aromatic heterocycles. The lowest BCUT2D eigenvalue weighted by Gasteiger charge is -2.36. The third kappa shape index (κ3) is 4.74. The SMILES string of the molecule is Cc1cccc(N2CCN(CCC(C)Nc3ncnc4nc(N)ccc34)CC2)c1. The number of nitrogen functional groups attached to an aromatic ring is 1. The normalized spacial score (nSPS) is 16.1. The Morgan fingerprint density at radius 2 is 1.93 bits per heavy atom. The minimum absolute atomic E-state index is 0.306. The summed E-state index contributed by atoms with van der Waals surface area (Å²) in [5.41, 5.74) is 9.04. The molecule has 4 rings (SSSR count). The summed E-state index contributed by atoms with van der Waals surface area (Å²) < 4.78 is 0. The molecule has 3 aromatic rings. The van der Waals surface area contributed by atoms with Crippen LogP contribution in [0.3, 0.4) is 0 Å². The number of aromatic nitrogens is 3. The molecule has 29 heavy (non-hydrogen) atoms. The van der Waals surface area contributed by atoms with Crippen LogP contribution in [0.1, 0.15) is 18.9 Å². The van der Waals surface area contributed by atoms with Crippen molar-refractivity contribution in [2.45, 2.75) is 26.3 Å². The van der Waals surface area contributed by atoms with E-state index in [1.165, 1.54) is 17.6 Å². The van der Waals surface area contributed by atoms with Crippen LogP contribution < -0.4 is 16.0 Å². The van der Waals surface area contributed by atoms with Crippen molar-refractivity contribution in [1.29, 1.82) is 0 Å². The Bertz CT molecular complexity index is 966. The van der Waals surface area contributed by atoms with Crippen molar-refractivity contribution < 1.29 is 0 Å². The molecule has 7 nitrogen and oxygen atoms in total. The Hall–Kier alpha value is -2.93. The van der Waals surface area contributed by atoms with Gasteiger partial charge in [0.15, 0.2) is 5.65 Å². The highest BCUT2D eigenvalue weighted by atomic mass is 15.3. The Labute approximate surface area is 172 Å². The van der Waals surface area contributed by atoms with E-state index in [1.54, 1.807) is 6.07 Å². The number of nitrogens with one attached hydrogen (secondary N) is 1. The minimum Gasteiger partial charge on any atom is -0.384 e. The number of pyridine rings is 1. The summed E-state index contributed by atoms with van der Waals surface area (Å²) in [5, 5.41) is 4.42. The van der Waals surface area contributed by atoms with Crippen molar-refractivity contribution in [2.24, 2.45) is 0 Å². The number of rotatable bonds is 6. The summed E-state index contributed by atoms with van der Waals surface area (Å²) >= 11 is 0. The Balaban J connectivity index is 1.28. The lowest BCUT2D eigenvalue weighted by Crippen LogP contribution is -2.47. The molecule has 1 fully saturated rings. The molecular weight excluding hydrogens is 362 g/mol. The van der Waals surface area contributed by atoms with Crippen molar-refractivity contribution in [3.63, 3.8) is 0 Å². The maximum absolute atomic E-state index is 5.76. The summed E-state index contributed by atoms with van der Waals surface area (Å²) in [6, 6.07) is 12.8. The van der Waals surface area contributed by atoms with Crippen LogP contribution in [-0.2, 0) is 0 Å². The van der Waals surface area contributed by atoms with Gasteiger partial charge in [-0.25, -0.2) is 15.0 Å². The van der Waals surface area contributed by atoms with Gasteiger partial charge in [0.2, 0.25) is 0 Å². The molecule has 0 aliphatic carbocycles. The minimum atomic E-state index is 0.306. The molecule has 0 saturated carbocycles. The third-order valence-corrected chi connectivity index (χ3v) is 5.52. The molecule has 152 valence electrons. The molecule has 3 heterocycles. The zero-order valence-electron chi connectivity index (χ0n) is 17.2. The number of anilines is 3. The quantitative estimate of drug-likeness (QED) is 0.668. The van der Waals surface area contributed by atoms with Gasteiger partial charge >= 0.3 is 0 Å². The van der Waals surface area contributed by atoms with E-state index in [9.17, 15) is 0 Å². The van der Waals surface area contributed by atoms with Crippen LogP contribution in [0.4, 0.5) is 17.3 Å². The summed E-state index contributed by atoms with van der Waals surface area (Å²) in [4.78, 5) is 17.9. The van der Waals surface area contributed by atoms with Crippen molar-refractivity contribution in [3.8, 4) is 0 Å². The van der Waals surface area contributed by atoms with Crippen LogP contribution in [0.25, 0.3) is 11.0 Å². The fourth-order valence-electron chi connectivity index (χ4n) is 3.81. The fourth-order valence-corrected chi connectivity index (χ4v) is 3.81. The lowest BCUT2D eigenvalue weighted by molar-refractivity contribution is 0.251. The van der Waals surface area contributed by atoms with E-state index in [2.05, 4.69) is 68.2 Å². The van der Waals surface area contributed by atoms with Gasteiger partial charge in [-0.1, -0.05) is 12.1 Å². The molecule has 1 atom stereocenters. The second-order valence-corrected chi connectivity index (χ2v) is 7.83. The van der Waals surface area contributed by atoms with Gasteiger partial charge in [0.05, 0.1) is 5.39 Å². The van der Waals surface area contributed by atoms with E-state index in [1.807, 2.05) is 6.07 Å². The fraction of sp³-hybridized carbons (Fsp3) is 0.409. The zero-order valence-corrected chi connectivity index (χ0v) is 17.2. The van der Waals surface area contributed by atoms with Gasteiger partial charge < -0.3 is 16.0 Å². The number of fused-ring (bicyclic) bond motifs is 1. The van der Waals surface area contributed by atoms with Gasteiger partial charge in [-0.15, -0.1) is 0 Å². The maximum atomic E-state index is 5.76. The molecular formula is C22H29N7. The Morgan fingerprint density at radius 1 is 1.10 bits per heavy atom. The topological polar surface area (TPSA) is 83.2 Å². The number of hydrogen-bond acceptors (Lipinski definition) is 7. The molecule has 1 aliphatic rings. The highest BCUT2D eigenvalue weighted by molar-refractivity contribution is 5.87. The largest absolute Gasteiger partial charge is 0.384 e. The van der Waals surface area contributed by atoms with Gasteiger partial charge in [0.1, 0.15) is 18.0 Å². The van der Waals surface area contributed by atoms with Crippen LogP contribution in [0.15, 0.2) is 42.7 Å². The average molecular weight is 392 g/mol. The van der Waals surface area contributed by atoms with Gasteiger partial charge in [0.25, 0.3) is 0 Å². The molecule has 3 N–H and O–H groups in total.